The monoisotopic (exact) mass is 715 g/mol. The quantitative estimate of drug-likeness (QED) is 0.229. The van der Waals surface area contributed by atoms with Crippen LogP contribution in [-0.4, -0.2) is 121 Å². The van der Waals surface area contributed by atoms with Crippen molar-refractivity contribution in [3.63, 3.8) is 0 Å². The molecule has 6 atom stereocenters. The third kappa shape index (κ3) is 29.1. The van der Waals surface area contributed by atoms with Crippen molar-refractivity contribution in [3.8, 4) is 0 Å². The Morgan fingerprint density at radius 2 is 1.52 bits per heavy atom. The minimum atomic E-state index is -0.166. The van der Waals surface area contributed by atoms with Crippen LogP contribution in [0.15, 0.2) is 30.3 Å². The van der Waals surface area contributed by atoms with E-state index in [2.05, 4.69) is 63.7 Å². The summed E-state index contributed by atoms with van der Waals surface area (Å²) in [6.45, 7) is 19.8. The van der Waals surface area contributed by atoms with Gasteiger partial charge in [0.25, 0.3) is 0 Å². The molecule has 2 amide bonds. The van der Waals surface area contributed by atoms with Crippen LogP contribution < -0.4 is 11.1 Å². The summed E-state index contributed by atoms with van der Waals surface area (Å²) in [6.07, 6.45) is 7.55. The molecule has 50 heavy (non-hydrogen) atoms. The first-order valence-electron chi connectivity index (χ1n) is 18.1. The zero-order valence-electron chi connectivity index (χ0n) is 34.6. The van der Waals surface area contributed by atoms with E-state index >= 15 is 0 Å². The molecule has 1 saturated heterocycles. The van der Waals surface area contributed by atoms with Gasteiger partial charge in [0.15, 0.2) is 0 Å². The molecule has 0 spiro atoms. The minimum absolute atomic E-state index is 0.0270. The van der Waals surface area contributed by atoms with Crippen molar-refractivity contribution in [1.82, 2.24) is 15.1 Å². The Labute approximate surface area is 307 Å². The Balaban J connectivity index is -0.000000178. The molecule has 0 saturated carbocycles. The van der Waals surface area contributed by atoms with Crippen LogP contribution in [0.1, 0.15) is 93.1 Å². The van der Waals surface area contributed by atoms with Crippen LogP contribution in [-0.2, 0) is 33.4 Å². The first-order valence-corrected chi connectivity index (χ1v) is 18.1. The third-order valence-corrected chi connectivity index (χ3v) is 7.42. The molecule has 1 aromatic rings. The van der Waals surface area contributed by atoms with E-state index < -0.39 is 0 Å². The topological polar surface area (TPSA) is 140 Å². The summed E-state index contributed by atoms with van der Waals surface area (Å²) in [5, 5.41) is 2.65. The zero-order valence-corrected chi connectivity index (χ0v) is 34.6. The zero-order chi connectivity index (χ0) is 39.9. The smallest absolute Gasteiger partial charge is 0.236 e. The molecule has 0 bridgehead atoms. The summed E-state index contributed by atoms with van der Waals surface area (Å²) in [4.78, 5) is 45.9. The number of aldehydes is 2. The predicted molar refractivity (Wildman–Crippen MR) is 209 cm³/mol. The van der Waals surface area contributed by atoms with E-state index in [0.29, 0.717) is 12.5 Å². The van der Waals surface area contributed by atoms with Crippen molar-refractivity contribution < 1.29 is 33.4 Å². The predicted octanol–water partition coefficient (Wildman–Crippen LogP) is 5.81. The van der Waals surface area contributed by atoms with E-state index in [4.69, 9.17) is 15.2 Å². The van der Waals surface area contributed by atoms with Gasteiger partial charge < -0.3 is 44.6 Å². The van der Waals surface area contributed by atoms with Gasteiger partial charge in [0.05, 0.1) is 37.4 Å². The molecule has 11 heteroatoms. The van der Waals surface area contributed by atoms with Crippen molar-refractivity contribution in [2.75, 3.05) is 62.2 Å². The van der Waals surface area contributed by atoms with Gasteiger partial charge in [0.1, 0.15) is 12.6 Å². The number of amides is 2. The molecule has 11 nitrogen and oxygen atoms in total. The fourth-order valence-corrected chi connectivity index (χ4v) is 4.81. The molecule has 1 aliphatic heterocycles. The molecular weight excluding hydrogens is 636 g/mol. The Morgan fingerprint density at radius 1 is 1.00 bits per heavy atom. The number of nitrogens with two attached hydrogens (primary N) is 1. The third-order valence-electron chi connectivity index (χ3n) is 7.42. The number of hydrogen-bond acceptors (Lipinski definition) is 9. The Morgan fingerprint density at radius 3 is 1.80 bits per heavy atom. The second-order valence-corrected chi connectivity index (χ2v) is 11.5. The lowest BCUT2D eigenvalue weighted by Gasteiger charge is -2.37. The Hall–Kier alpha value is -2.70. The number of rotatable bonds is 14. The maximum atomic E-state index is 11.7. The average Bonchev–Trinajstić information content (AvgIpc) is 3.61. The minimum Gasteiger partial charge on any atom is -0.388 e. The van der Waals surface area contributed by atoms with Gasteiger partial charge in [-0.2, -0.15) is 0 Å². The summed E-state index contributed by atoms with van der Waals surface area (Å²) in [5.74, 6) is 0.219. The number of methoxy groups -OCH3 is 3. The van der Waals surface area contributed by atoms with Crippen LogP contribution in [0.3, 0.4) is 0 Å². The average molecular weight is 715 g/mol. The molecule has 0 radical (unpaired) electrons. The van der Waals surface area contributed by atoms with Crippen molar-refractivity contribution in [2.24, 2.45) is 17.6 Å². The van der Waals surface area contributed by atoms with Crippen LogP contribution in [0, 0.1) is 18.8 Å². The molecule has 0 aliphatic carbocycles. The number of nitrogens with zero attached hydrogens (tertiary/aromatic N) is 2. The molecule has 2 rings (SSSR count). The molecule has 1 aromatic carbocycles. The maximum Gasteiger partial charge on any atom is 0.236 e. The van der Waals surface area contributed by atoms with Gasteiger partial charge in [0, 0.05) is 47.9 Å². The van der Waals surface area contributed by atoms with Gasteiger partial charge in [-0.25, -0.2) is 0 Å². The highest BCUT2D eigenvalue weighted by Gasteiger charge is 2.34. The summed E-state index contributed by atoms with van der Waals surface area (Å²) >= 11 is 0. The molecular formula is C39H78N4O7. The molecule has 0 aromatic heterocycles. The highest BCUT2D eigenvalue weighted by Crippen LogP contribution is 2.24. The van der Waals surface area contributed by atoms with Gasteiger partial charge >= 0.3 is 0 Å². The van der Waals surface area contributed by atoms with E-state index in [1.807, 2.05) is 46.0 Å². The number of likely N-dealkylation sites (N-methyl/N-ethyl adjacent to an activating group) is 2. The molecule has 0 unspecified atom stereocenters. The number of aryl methyl sites for hydroxylation is 1. The van der Waals surface area contributed by atoms with Crippen molar-refractivity contribution >= 4 is 24.9 Å². The fourth-order valence-electron chi connectivity index (χ4n) is 4.81. The van der Waals surface area contributed by atoms with E-state index in [-0.39, 0.29) is 42.7 Å². The molecule has 296 valence electrons. The lowest BCUT2D eigenvalue weighted by molar-refractivity contribution is -0.135. The Kier molecular flexibility index (Phi) is 48.1. The van der Waals surface area contributed by atoms with Crippen molar-refractivity contribution in [3.05, 3.63) is 35.9 Å². The number of carbonyl (C=O) groups excluding carboxylic acids is 4. The van der Waals surface area contributed by atoms with E-state index in [0.717, 1.165) is 51.2 Å². The first kappa shape index (κ1) is 56.7. The summed E-state index contributed by atoms with van der Waals surface area (Å²) in [6, 6.07) is 10.4. The van der Waals surface area contributed by atoms with Crippen LogP contribution in [0.2, 0.25) is 0 Å². The Bertz CT molecular complexity index is 858. The van der Waals surface area contributed by atoms with Gasteiger partial charge in [-0.3, -0.25) is 9.59 Å². The largest absolute Gasteiger partial charge is 0.388 e. The molecule has 3 N–H and O–H groups in total. The van der Waals surface area contributed by atoms with Crippen LogP contribution in [0.25, 0.3) is 0 Å². The van der Waals surface area contributed by atoms with Crippen molar-refractivity contribution in [1.29, 1.82) is 0 Å². The fraction of sp³-hybridized carbons (Fsp3) is 0.744. The lowest BCUT2D eigenvalue weighted by atomic mass is 9.91. The summed E-state index contributed by atoms with van der Waals surface area (Å²) < 4.78 is 15.0. The standard InChI is InChI=1S/C12H26N2O2.C10H17NO3.C7H8.C3H7NO.C3H8.C2H6O.C2H6/c1-6-9(3)12(10(7-2)16-5)14(4)11(15)8-13;1-8(6-12)10(14-2)9-4-3-5-11(9)7-13;1-7-5-3-2-4-6-7;1-4-2-3-5;2*1-3-2;1-2/h9-10,12H,6-8,13H2,1-5H3;6-10H,3-5H2,1-2H3;2-6H,1H3;3-4H,2H2,1H3;3H2,1-2H3;1-2H3;1-2H3/t9-,10+,12-;8-,9-,10+;;;;;/m00...../s1. The number of likely N-dealkylation sites (tertiary alicyclic amines) is 1. The molecule has 1 aliphatic rings. The normalized spacial score (nSPS) is 15.4. The molecule has 1 fully saturated rings. The van der Waals surface area contributed by atoms with E-state index in [1.54, 1.807) is 45.3 Å². The van der Waals surface area contributed by atoms with Crippen molar-refractivity contribution in [2.45, 2.75) is 119 Å². The van der Waals surface area contributed by atoms with Crippen LogP contribution >= 0.6 is 0 Å². The number of ether oxygens (including phenoxy) is 3. The van der Waals surface area contributed by atoms with E-state index in [9.17, 15) is 19.2 Å². The molecule has 1 heterocycles. The van der Waals surface area contributed by atoms with Gasteiger partial charge in [-0.1, -0.05) is 104 Å². The SMILES string of the molecule is CC.CCC.CC[C@H](C)[C@@H]([C@@H](CC)OC)N(C)C(=O)CN.CNCC=O.COC.CO[C@H]([C@@H](C)C=O)[C@@H]1CCCN1C=O.Cc1ccccc1. The lowest BCUT2D eigenvalue weighted by Crippen LogP contribution is -2.50. The van der Waals surface area contributed by atoms with Gasteiger partial charge in [-0.05, 0) is 39.2 Å². The summed E-state index contributed by atoms with van der Waals surface area (Å²) in [5.41, 5.74) is 6.73. The maximum absolute atomic E-state index is 11.7. The number of carbonyl (C=O) groups is 4. The highest BCUT2D eigenvalue weighted by molar-refractivity contribution is 5.78. The second kappa shape index (κ2) is 42.5. The van der Waals surface area contributed by atoms with Gasteiger partial charge in [0.2, 0.25) is 12.3 Å². The van der Waals surface area contributed by atoms with Crippen LogP contribution in [0.4, 0.5) is 0 Å². The summed E-state index contributed by atoms with van der Waals surface area (Å²) in [7, 11) is 10.1. The first-order chi connectivity index (χ1) is 23.9. The van der Waals surface area contributed by atoms with Crippen LogP contribution in [0.5, 0.6) is 0 Å². The number of hydrogen-bond donors (Lipinski definition) is 2. The van der Waals surface area contributed by atoms with Gasteiger partial charge in [-0.15, -0.1) is 0 Å². The number of benzene rings is 1. The number of nitrogens with one attached hydrogen (secondary N) is 1. The van der Waals surface area contributed by atoms with E-state index in [1.165, 1.54) is 12.0 Å². The highest BCUT2D eigenvalue weighted by atomic mass is 16.5. The second-order valence-electron chi connectivity index (χ2n) is 11.5.